The molecule has 0 aliphatic heterocycles. The first kappa shape index (κ1) is 28.5. The van der Waals surface area contributed by atoms with Gasteiger partial charge in [-0.3, -0.25) is 4.79 Å². The Kier molecular flexibility index (Phi) is 11.9. The molecule has 0 aliphatic rings. The third-order valence-electron chi connectivity index (χ3n) is 6.04. The first-order valence-electron chi connectivity index (χ1n) is 13.3. The van der Waals surface area contributed by atoms with E-state index in [0.717, 1.165) is 36.6 Å². The minimum Gasteiger partial charge on any atom is -0.485 e. The molecule has 0 atom stereocenters. The molecular formula is C30H46N2O3. The fourth-order valence-electron chi connectivity index (χ4n) is 4.13. The van der Waals surface area contributed by atoms with Crippen molar-refractivity contribution in [1.29, 1.82) is 0 Å². The summed E-state index contributed by atoms with van der Waals surface area (Å²) >= 11 is 0. The van der Waals surface area contributed by atoms with Crippen molar-refractivity contribution in [2.45, 2.75) is 106 Å². The fraction of sp³-hybridized carbons (Fsp3) is 0.567. The van der Waals surface area contributed by atoms with Crippen LogP contribution in [-0.2, 0) is 6.54 Å². The second-order valence-corrected chi connectivity index (χ2v) is 10.0. The maximum atomic E-state index is 13.6. The number of fused-ring (bicyclic) bond motifs is 1. The van der Waals surface area contributed by atoms with E-state index in [1.165, 1.54) is 36.8 Å². The topological polar surface area (TPSA) is 66.5 Å². The summed E-state index contributed by atoms with van der Waals surface area (Å²) in [4.78, 5) is 13.6. The van der Waals surface area contributed by atoms with Crippen molar-refractivity contribution in [3.63, 3.8) is 0 Å². The Morgan fingerprint density at radius 3 is 2.43 bits per heavy atom. The number of hydrogen-bond donors (Lipinski definition) is 1. The molecule has 0 aliphatic carbocycles. The molecule has 35 heavy (non-hydrogen) atoms. The summed E-state index contributed by atoms with van der Waals surface area (Å²) in [5.74, 6) is 0.796. The van der Waals surface area contributed by atoms with Gasteiger partial charge in [0.2, 0.25) is 5.75 Å². The lowest BCUT2D eigenvalue weighted by molar-refractivity contribution is 0.222. The molecule has 0 bridgehead atoms. The van der Waals surface area contributed by atoms with E-state index in [4.69, 9.17) is 15.2 Å². The van der Waals surface area contributed by atoms with E-state index in [0.29, 0.717) is 30.3 Å². The number of rotatable bonds is 15. The van der Waals surface area contributed by atoms with Crippen molar-refractivity contribution in [3.8, 4) is 11.5 Å². The summed E-state index contributed by atoms with van der Waals surface area (Å²) in [5.41, 5.74) is 10.0. The molecule has 5 heteroatoms. The summed E-state index contributed by atoms with van der Waals surface area (Å²) in [6.45, 7) is 13.5. The Morgan fingerprint density at radius 1 is 1.03 bits per heavy atom. The van der Waals surface area contributed by atoms with E-state index in [1.807, 2.05) is 36.6 Å². The number of nitrogens with two attached hydrogens (primary N) is 1. The van der Waals surface area contributed by atoms with Gasteiger partial charge in [-0.25, -0.2) is 0 Å². The molecule has 0 amide bonds. The normalized spacial score (nSPS) is 11.8. The van der Waals surface area contributed by atoms with Gasteiger partial charge in [0.05, 0.1) is 11.6 Å². The van der Waals surface area contributed by atoms with Gasteiger partial charge in [-0.1, -0.05) is 56.3 Å². The molecule has 5 nitrogen and oxygen atoms in total. The third kappa shape index (κ3) is 9.12. The van der Waals surface area contributed by atoms with Crippen LogP contribution in [0.2, 0.25) is 0 Å². The summed E-state index contributed by atoms with van der Waals surface area (Å²) in [6.07, 6.45) is 13.2. The molecular weight excluding hydrogens is 436 g/mol. The average molecular weight is 483 g/mol. The van der Waals surface area contributed by atoms with Gasteiger partial charge in [-0.05, 0) is 78.2 Å². The number of pyridine rings is 1. The zero-order valence-corrected chi connectivity index (χ0v) is 22.8. The number of anilines is 1. The molecule has 0 unspecified atom stereocenters. The van der Waals surface area contributed by atoms with Gasteiger partial charge in [-0.15, -0.1) is 0 Å². The lowest BCUT2D eigenvalue weighted by Gasteiger charge is -2.20. The minimum atomic E-state index is -0.149. The SMILES string of the molecule is CCCCCCCCn1c(=O)c(OC(C)C)c(OC/C=C(\C)CCC=C(C)C)c2ccc(N)cc21. The van der Waals surface area contributed by atoms with E-state index in [2.05, 4.69) is 39.8 Å². The highest BCUT2D eigenvalue weighted by molar-refractivity contribution is 5.90. The Morgan fingerprint density at radius 2 is 1.74 bits per heavy atom. The average Bonchev–Trinajstić information content (AvgIpc) is 2.79. The number of nitrogen functional groups attached to an aromatic ring is 1. The Bertz CT molecular complexity index is 1060. The highest BCUT2D eigenvalue weighted by Crippen LogP contribution is 2.34. The van der Waals surface area contributed by atoms with Crippen LogP contribution in [0.25, 0.3) is 10.9 Å². The van der Waals surface area contributed by atoms with Crippen molar-refractivity contribution in [3.05, 3.63) is 51.9 Å². The first-order valence-corrected chi connectivity index (χ1v) is 13.3. The number of aromatic nitrogens is 1. The van der Waals surface area contributed by atoms with Crippen molar-refractivity contribution in [2.24, 2.45) is 0 Å². The quantitative estimate of drug-likeness (QED) is 0.160. The number of nitrogens with zero attached hydrogens (tertiary/aromatic N) is 1. The molecule has 0 spiro atoms. The molecule has 2 N–H and O–H groups in total. The number of allylic oxidation sites excluding steroid dienone is 3. The van der Waals surface area contributed by atoms with E-state index in [-0.39, 0.29) is 11.7 Å². The maximum Gasteiger partial charge on any atom is 0.297 e. The van der Waals surface area contributed by atoms with Gasteiger partial charge < -0.3 is 19.8 Å². The molecule has 0 saturated carbocycles. The van der Waals surface area contributed by atoms with Crippen LogP contribution in [0, 0.1) is 0 Å². The van der Waals surface area contributed by atoms with E-state index in [9.17, 15) is 4.79 Å². The van der Waals surface area contributed by atoms with Crippen LogP contribution in [0.3, 0.4) is 0 Å². The molecule has 2 rings (SSSR count). The van der Waals surface area contributed by atoms with Crippen molar-refractivity contribution in [1.82, 2.24) is 4.57 Å². The van der Waals surface area contributed by atoms with Gasteiger partial charge in [0, 0.05) is 17.6 Å². The minimum absolute atomic E-state index is 0.139. The monoisotopic (exact) mass is 482 g/mol. The molecule has 2 aromatic rings. The van der Waals surface area contributed by atoms with Gasteiger partial charge in [0.25, 0.3) is 5.56 Å². The van der Waals surface area contributed by atoms with Crippen LogP contribution in [0.1, 0.15) is 92.9 Å². The van der Waals surface area contributed by atoms with Crippen LogP contribution in [-0.4, -0.2) is 17.3 Å². The Balaban J connectivity index is 2.36. The van der Waals surface area contributed by atoms with E-state index in [1.54, 1.807) is 0 Å². The predicted octanol–water partition coefficient (Wildman–Crippen LogP) is 7.80. The highest BCUT2D eigenvalue weighted by atomic mass is 16.5. The zero-order chi connectivity index (χ0) is 25.8. The van der Waals surface area contributed by atoms with Crippen LogP contribution < -0.4 is 20.8 Å². The predicted molar refractivity (Wildman–Crippen MR) is 150 cm³/mol. The molecule has 0 saturated heterocycles. The maximum absolute atomic E-state index is 13.6. The first-order chi connectivity index (χ1) is 16.7. The molecule has 0 radical (unpaired) electrons. The van der Waals surface area contributed by atoms with Crippen LogP contribution in [0.5, 0.6) is 11.5 Å². The van der Waals surface area contributed by atoms with Crippen LogP contribution in [0.4, 0.5) is 5.69 Å². The van der Waals surface area contributed by atoms with E-state index >= 15 is 0 Å². The molecule has 1 heterocycles. The van der Waals surface area contributed by atoms with Gasteiger partial charge >= 0.3 is 0 Å². The van der Waals surface area contributed by atoms with Gasteiger partial charge in [0.1, 0.15) is 6.61 Å². The molecule has 1 aromatic carbocycles. The van der Waals surface area contributed by atoms with Gasteiger partial charge in [0.15, 0.2) is 5.75 Å². The molecule has 1 aromatic heterocycles. The zero-order valence-electron chi connectivity index (χ0n) is 22.8. The Hall–Kier alpha value is -2.69. The Labute approximate surface area is 212 Å². The number of aryl methyl sites for hydroxylation is 1. The highest BCUT2D eigenvalue weighted by Gasteiger charge is 2.20. The number of hydrogen-bond acceptors (Lipinski definition) is 4. The third-order valence-corrected chi connectivity index (χ3v) is 6.04. The van der Waals surface area contributed by atoms with Gasteiger partial charge in [-0.2, -0.15) is 0 Å². The van der Waals surface area contributed by atoms with Crippen LogP contribution >= 0.6 is 0 Å². The summed E-state index contributed by atoms with van der Waals surface area (Å²) < 4.78 is 14.1. The number of unbranched alkanes of at least 4 members (excludes halogenated alkanes) is 5. The van der Waals surface area contributed by atoms with Crippen molar-refractivity contribution >= 4 is 16.6 Å². The summed E-state index contributed by atoms with van der Waals surface area (Å²) in [6, 6.07) is 5.67. The molecule has 0 fully saturated rings. The number of ether oxygens (including phenoxy) is 2. The van der Waals surface area contributed by atoms with E-state index < -0.39 is 0 Å². The largest absolute Gasteiger partial charge is 0.485 e. The summed E-state index contributed by atoms with van der Waals surface area (Å²) in [7, 11) is 0. The fourth-order valence-corrected chi connectivity index (χ4v) is 4.13. The number of benzene rings is 1. The second-order valence-electron chi connectivity index (χ2n) is 10.0. The van der Waals surface area contributed by atoms with Crippen molar-refractivity contribution in [2.75, 3.05) is 12.3 Å². The summed E-state index contributed by atoms with van der Waals surface area (Å²) in [5, 5.41) is 0.857. The lowest BCUT2D eigenvalue weighted by atomic mass is 10.1. The second kappa shape index (κ2) is 14.7. The molecule has 194 valence electrons. The lowest BCUT2D eigenvalue weighted by Crippen LogP contribution is -2.25. The smallest absolute Gasteiger partial charge is 0.297 e. The standard InChI is InChI=1S/C30H46N2O3/c1-7-8-9-10-11-12-19-32-27-21-25(31)16-17-26(27)28(29(30(32)33)35-23(4)5)34-20-18-24(6)15-13-14-22(2)3/h14,16-18,21,23H,7-13,15,19-20,31H2,1-6H3/b24-18+. The van der Waals surface area contributed by atoms with Crippen molar-refractivity contribution < 1.29 is 9.47 Å². The van der Waals surface area contributed by atoms with Crippen LogP contribution in [0.15, 0.2) is 46.3 Å².